The Morgan fingerprint density at radius 2 is 1.62 bits per heavy atom. The molecule has 1 amide bonds. The fourth-order valence-electron chi connectivity index (χ4n) is 3.12. The number of oxazole rings is 1. The highest BCUT2D eigenvalue weighted by Gasteiger charge is 2.19. The van der Waals surface area contributed by atoms with Crippen LogP contribution in [-0.4, -0.2) is 37.7 Å². The molecule has 8 heteroatoms. The Morgan fingerprint density at radius 1 is 0.938 bits per heavy atom. The number of rotatable bonds is 7. The van der Waals surface area contributed by atoms with E-state index in [0.717, 1.165) is 0 Å². The zero-order valence-electron chi connectivity index (χ0n) is 17.5. The van der Waals surface area contributed by atoms with Crippen molar-refractivity contribution in [3.8, 4) is 23.0 Å². The summed E-state index contributed by atoms with van der Waals surface area (Å²) in [6.45, 7) is -0.472. The maximum Gasteiger partial charge on any atom is 0.339 e. The SMILES string of the molecule is COc1cc(NC(=O)COC(=O)c2ccccc2-c2nc3ccccc3o2)cc(OC)c1. The average Bonchev–Trinajstić information content (AvgIpc) is 3.26. The summed E-state index contributed by atoms with van der Waals surface area (Å²) in [4.78, 5) is 29.5. The molecule has 0 saturated carbocycles. The van der Waals surface area contributed by atoms with Gasteiger partial charge >= 0.3 is 5.97 Å². The van der Waals surface area contributed by atoms with E-state index in [1.807, 2.05) is 18.2 Å². The highest BCUT2D eigenvalue weighted by Crippen LogP contribution is 2.28. The van der Waals surface area contributed by atoms with Gasteiger partial charge in [-0.25, -0.2) is 9.78 Å². The molecule has 0 atom stereocenters. The van der Waals surface area contributed by atoms with Gasteiger partial charge in [-0.3, -0.25) is 4.79 Å². The lowest BCUT2D eigenvalue weighted by Gasteiger charge is -2.11. The Labute approximate surface area is 183 Å². The summed E-state index contributed by atoms with van der Waals surface area (Å²) in [5, 5.41) is 2.66. The van der Waals surface area contributed by atoms with Gasteiger partial charge < -0.3 is 23.9 Å². The van der Waals surface area contributed by atoms with Crippen LogP contribution < -0.4 is 14.8 Å². The van der Waals surface area contributed by atoms with E-state index in [1.54, 1.807) is 48.5 Å². The van der Waals surface area contributed by atoms with E-state index in [0.29, 0.717) is 39.7 Å². The van der Waals surface area contributed by atoms with Crippen LogP contribution in [0.15, 0.2) is 71.1 Å². The van der Waals surface area contributed by atoms with Gasteiger partial charge in [-0.05, 0) is 24.3 Å². The number of anilines is 1. The van der Waals surface area contributed by atoms with Gasteiger partial charge in [-0.2, -0.15) is 0 Å². The Morgan fingerprint density at radius 3 is 2.34 bits per heavy atom. The van der Waals surface area contributed by atoms with Gasteiger partial charge in [0.05, 0.1) is 25.3 Å². The van der Waals surface area contributed by atoms with Crippen LogP contribution in [0.4, 0.5) is 5.69 Å². The van der Waals surface area contributed by atoms with E-state index >= 15 is 0 Å². The van der Waals surface area contributed by atoms with Crippen molar-refractivity contribution in [2.24, 2.45) is 0 Å². The van der Waals surface area contributed by atoms with Gasteiger partial charge in [-0.15, -0.1) is 0 Å². The minimum Gasteiger partial charge on any atom is -0.497 e. The van der Waals surface area contributed by atoms with E-state index in [1.165, 1.54) is 14.2 Å². The highest BCUT2D eigenvalue weighted by atomic mass is 16.5. The summed E-state index contributed by atoms with van der Waals surface area (Å²) in [5.74, 6) is 0.161. The Kier molecular flexibility index (Phi) is 6.03. The van der Waals surface area contributed by atoms with Gasteiger partial charge in [-0.1, -0.05) is 24.3 Å². The summed E-state index contributed by atoms with van der Waals surface area (Å²) in [5.41, 5.74) is 2.47. The van der Waals surface area contributed by atoms with Crippen LogP contribution in [0.3, 0.4) is 0 Å². The largest absolute Gasteiger partial charge is 0.497 e. The molecular formula is C24H20N2O6. The monoisotopic (exact) mass is 432 g/mol. The predicted octanol–water partition coefficient (Wildman–Crippen LogP) is 4.31. The number of benzene rings is 3. The summed E-state index contributed by atoms with van der Waals surface area (Å²) in [7, 11) is 3.02. The molecule has 0 aliphatic carbocycles. The number of esters is 1. The number of hydrogen-bond acceptors (Lipinski definition) is 7. The normalized spacial score (nSPS) is 10.6. The number of carbonyl (C=O) groups excluding carboxylic acids is 2. The average molecular weight is 432 g/mol. The number of ether oxygens (including phenoxy) is 3. The van der Waals surface area contributed by atoms with Crippen LogP contribution in [0.25, 0.3) is 22.6 Å². The Balaban J connectivity index is 1.46. The predicted molar refractivity (Wildman–Crippen MR) is 118 cm³/mol. The van der Waals surface area contributed by atoms with Crippen molar-refractivity contribution >= 4 is 28.7 Å². The quantitative estimate of drug-likeness (QED) is 0.435. The molecule has 0 radical (unpaired) electrons. The van der Waals surface area contributed by atoms with Gasteiger partial charge in [0.15, 0.2) is 12.2 Å². The number of nitrogens with one attached hydrogen (secondary N) is 1. The third-order valence-electron chi connectivity index (χ3n) is 4.64. The molecule has 32 heavy (non-hydrogen) atoms. The van der Waals surface area contributed by atoms with Gasteiger partial charge in [0.1, 0.15) is 17.0 Å². The Hall–Kier alpha value is -4.33. The molecule has 1 aromatic heterocycles. The number of para-hydroxylation sites is 2. The van der Waals surface area contributed by atoms with Crippen molar-refractivity contribution in [1.82, 2.24) is 4.98 Å². The first kappa shape index (κ1) is 20.9. The van der Waals surface area contributed by atoms with E-state index in [9.17, 15) is 9.59 Å². The molecular weight excluding hydrogens is 412 g/mol. The van der Waals surface area contributed by atoms with Gasteiger partial charge in [0.2, 0.25) is 5.89 Å². The van der Waals surface area contributed by atoms with Gasteiger partial charge in [0, 0.05) is 23.9 Å². The van der Waals surface area contributed by atoms with E-state index in [4.69, 9.17) is 18.6 Å². The maximum absolute atomic E-state index is 12.7. The number of carbonyl (C=O) groups is 2. The molecule has 0 aliphatic heterocycles. The number of aromatic nitrogens is 1. The van der Waals surface area contributed by atoms with Crippen molar-refractivity contribution in [2.45, 2.75) is 0 Å². The molecule has 0 aliphatic rings. The van der Waals surface area contributed by atoms with Crippen LogP contribution in [0.1, 0.15) is 10.4 Å². The lowest BCUT2D eigenvalue weighted by molar-refractivity contribution is -0.119. The zero-order chi connectivity index (χ0) is 22.5. The van der Waals surface area contributed by atoms with Crippen LogP contribution in [0.2, 0.25) is 0 Å². The van der Waals surface area contributed by atoms with Crippen molar-refractivity contribution in [2.75, 3.05) is 26.1 Å². The van der Waals surface area contributed by atoms with Crippen LogP contribution in [-0.2, 0) is 9.53 Å². The second kappa shape index (κ2) is 9.22. The summed E-state index contributed by atoms with van der Waals surface area (Å²) in [6, 6.07) is 19.0. The maximum atomic E-state index is 12.7. The summed E-state index contributed by atoms with van der Waals surface area (Å²) < 4.78 is 21.4. The highest BCUT2D eigenvalue weighted by molar-refractivity contribution is 5.99. The molecule has 4 aromatic rings. The molecule has 0 spiro atoms. The van der Waals surface area contributed by atoms with Crippen LogP contribution in [0, 0.1) is 0 Å². The lowest BCUT2D eigenvalue weighted by Crippen LogP contribution is -2.21. The van der Waals surface area contributed by atoms with Crippen molar-refractivity contribution in [3.63, 3.8) is 0 Å². The fourth-order valence-corrected chi connectivity index (χ4v) is 3.12. The second-order valence-corrected chi connectivity index (χ2v) is 6.76. The molecule has 162 valence electrons. The number of amides is 1. The van der Waals surface area contributed by atoms with E-state index in [2.05, 4.69) is 10.3 Å². The van der Waals surface area contributed by atoms with Crippen LogP contribution in [0.5, 0.6) is 11.5 Å². The molecule has 0 unspecified atom stereocenters. The summed E-state index contributed by atoms with van der Waals surface area (Å²) in [6.07, 6.45) is 0. The minimum absolute atomic E-state index is 0.245. The summed E-state index contributed by atoms with van der Waals surface area (Å²) >= 11 is 0. The molecule has 8 nitrogen and oxygen atoms in total. The zero-order valence-corrected chi connectivity index (χ0v) is 17.5. The molecule has 0 bridgehead atoms. The third-order valence-corrected chi connectivity index (χ3v) is 4.64. The topological polar surface area (TPSA) is 99.9 Å². The number of hydrogen-bond donors (Lipinski definition) is 1. The third kappa shape index (κ3) is 4.54. The Bertz CT molecular complexity index is 1230. The van der Waals surface area contributed by atoms with E-state index < -0.39 is 18.5 Å². The number of methoxy groups -OCH3 is 2. The first-order valence-corrected chi connectivity index (χ1v) is 9.72. The van der Waals surface area contributed by atoms with Crippen molar-refractivity contribution < 1.29 is 28.2 Å². The molecule has 4 rings (SSSR count). The lowest BCUT2D eigenvalue weighted by atomic mass is 10.1. The molecule has 3 aromatic carbocycles. The number of nitrogens with zero attached hydrogens (tertiary/aromatic N) is 1. The molecule has 1 N–H and O–H groups in total. The van der Waals surface area contributed by atoms with E-state index in [-0.39, 0.29) is 5.56 Å². The van der Waals surface area contributed by atoms with Crippen molar-refractivity contribution in [3.05, 3.63) is 72.3 Å². The minimum atomic E-state index is -0.666. The molecule has 0 fully saturated rings. The first-order valence-electron chi connectivity index (χ1n) is 9.72. The van der Waals surface area contributed by atoms with Gasteiger partial charge in [0.25, 0.3) is 5.91 Å². The number of fused-ring (bicyclic) bond motifs is 1. The van der Waals surface area contributed by atoms with Crippen molar-refractivity contribution in [1.29, 1.82) is 0 Å². The first-order chi connectivity index (χ1) is 15.6. The fraction of sp³-hybridized carbons (Fsp3) is 0.125. The standard InChI is InChI=1S/C24H20N2O6/c1-29-16-11-15(12-17(13-16)30-2)25-22(27)14-31-24(28)19-8-4-3-7-18(19)23-26-20-9-5-6-10-21(20)32-23/h3-13H,14H2,1-2H3,(H,25,27). The van der Waals surface area contributed by atoms with Crippen LogP contribution >= 0.6 is 0 Å². The molecule has 1 heterocycles. The molecule has 0 saturated heterocycles. The second-order valence-electron chi connectivity index (χ2n) is 6.76. The smallest absolute Gasteiger partial charge is 0.339 e.